The summed E-state index contributed by atoms with van der Waals surface area (Å²) in [6.45, 7) is 0. The van der Waals surface area contributed by atoms with E-state index in [1.165, 1.54) is 12.1 Å². The van der Waals surface area contributed by atoms with Crippen molar-refractivity contribution in [3.05, 3.63) is 70.5 Å². The number of rotatable bonds is 3. The summed E-state index contributed by atoms with van der Waals surface area (Å²) in [4.78, 5) is 0. The van der Waals surface area contributed by atoms with Crippen molar-refractivity contribution in [3.63, 3.8) is 0 Å². The van der Waals surface area contributed by atoms with E-state index in [2.05, 4.69) is 0 Å². The molecule has 0 saturated heterocycles. The molecule has 0 aliphatic heterocycles. The topological polar surface area (TPSA) is 0 Å². The normalized spacial score (nSPS) is 12.4. The van der Waals surface area contributed by atoms with Crippen LogP contribution in [0.4, 0.5) is 4.39 Å². The van der Waals surface area contributed by atoms with Crippen molar-refractivity contribution in [2.45, 2.75) is 11.8 Å². The van der Waals surface area contributed by atoms with Crippen molar-refractivity contribution in [2.24, 2.45) is 0 Å². The SMILES string of the molecule is Fc1cccc(C(Cl)Cc2ccc(Cl)cc2)c1. The van der Waals surface area contributed by atoms with E-state index in [1.54, 1.807) is 6.07 Å². The Hall–Kier alpha value is -1.05. The molecule has 0 nitrogen and oxygen atoms in total. The molecule has 0 N–H and O–H groups in total. The molecule has 0 amide bonds. The molecule has 2 rings (SSSR count). The fourth-order valence-electron chi connectivity index (χ4n) is 1.65. The summed E-state index contributed by atoms with van der Waals surface area (Å²) in [5.74, 6) is -0.260. The predicted molar refractivity (Wildman–Crippen MR) is 70.2 cm³/mol. The molecule has 1 atom stereocenters. The van der Waals surface area contributed by atoms with Crippen molar-refractivity contribution in [3.8, 4) is 0 Å². The van der Waals surface area contributed by atoms with Crippen LogP contribution in [-0.2, 0) is 6.42 Å². The first-order valence-electron chi connectivity index (χ1n) is 5.29. The molecule has 0 heterocycles. The minimum absolute atomic E-state index is 0.230. The number of alkyl halides is 1. The highest BCUT2D eigenvalue weighted by atomic mass is 35.5. The van der Waals surface area contributed by atoms with E-state index < -0.39 is 0 Å². The summed E-state index contributed by atoms with van der Waals surface area (Å²) in [6.07, 6.45) is 0.655. The van der Waals surface area contributed by atoms with Gasteiger partial charge in [0.2, 0.25) is 0 Å². The van der Waals surface area contributed by atoms with E-state index in [1.807, 2.05) is 30.3 Å². The van der Waals surface area contributed by atoms with Crippen LogP contribution in [0.1, 0.15) is 16.5 Å². The van der Waals surface area contributed by atoms with Crippen molar-refractivity contribution in [1.82, 2.24) is 0 Å². The first-order valence-corrected chi connectivity index (χ1v) is 6.10. The molecule has 2 aromatic carbocycles. The van der Waals surface area contributed by atoms with E-state index in [0.717, 1.165) is 11.1 Å². The minimum atomic E-state index is -0.260. The molecule has 88 valence electrons. The third-order valence-corrected chi connectivity index (χ3v) is 3.20. The Bertz CT molecular complexity index is 494. The summed E-state index contributed by atoms with van der Waals surface area (Å²) < 4.78 is 13.0. The molecule has 0 aromatic heterocycles. The lowest BCUT2D eigenvalue weighted by Gasteiger charge is -2.10. The van der Waals surface area contributed by atoms with Gasteiger partial charge in [-0.15, -0.1) is 11.6 Å². The zero-order valence-corrected chi connectivity index (χ0v) is 10.5. The van der Waals surface area contributed by atoms with Gasteiger partial charge in [0.25, 0.3) is 0 Å². The molecular formula is C14H11Cl2F. The fraction of sp³-hybridized carbons (Fsp3) is 0.143. The number of halogens is 3. The van der Waals surface area contributed by atoms with E-state index in [4.69, 9.17) is 23.2 Å². The highest BCUT2D eigenvalue weighted by Crippen LogP contribution is 2.25. The second-order valence-corrected chi connectivity index (χ2v) is 4.82. The van der Waals surface area contributed by atoms with E-state index >= 15 is 0 Å². The Labute approximate surface area is 110 Å². The quantitative estimate of drug-likeness (QED) is 0.688. The zero-order valence-electron chi connectivity index (χ0n) is 9.04. The number of hydrogen-bond acceptors (Lipinski definition) is 0. The fourth-order valence-corrected chi connectivity index (χ4v) is 2.09. The number of benzene rings is 2. The van der Waals surface area contributed by atoms with Gasteiger partial charge < -0.3 is 0 Å². The van der Waals surface area contributed by atoms with Crippen molar-refractivity contribution < 1.29 is 4.39 Å². The molecule has 3 heteroatoms. The average Bonchev–Trinajstić information content (AvgIpc) is 2.32. The summed E-state index contributed by atoms with van der Waals surface area (Å²) in [6, 6.07) is 13.9. The molecule has 0 aliphatic rings. The Balaban J connectivity index is 2.11. The maximum absolute atomic E-state index is 13.0. The molecule has 0 radical (unpaired) electrons. The number of hydrogen-bond donors (Lipinski definition) is 0. The van der Waals surface area contributed by atoms with Gasteiger partial charge in [-0.2, -0.15) is 0 Å². The summed E-state index contributed by atoms with van der Waals surface area (Å²) in [5.41, 5.74) is 1.88. The van der Waals surface area contributed by atoms with Crippen molar-refractivity contribution in [1.29, 1.82) is 0 Å². The van der Waals surface area contributed by atoms with Gasteiger partial charge in [0, 0.05) is 5.02 Å². The zero-order chi connectivity index (χ0) is 12.3. The third kappa shape index (κ3) is 3.45. The van der Waals surface area contributed by atoms with Crippen molar-refractivity contribution >= 4 is 23.2 Å². The summed E-state index contributed by atoms with van der Waals surface area (Å²) >= 11 is 12.1. The molecule has 0 fully saturated rings. The van der Waals surface area contributed by atoms with Gasteiger partial charge in [-0.05, 0) is 41.8 Å². The minimum Gasteiger partial charge on any atom is -0.207 e. The highest BCUT2D eigenvalue weighted by molar-refractivity contribution is 6.30. The van der Waals surface area contributed by atoms with Gasteiger partial charge in [0.05, 0.1) is 5.38 Å². The monoisotopic (exact) mass is 268 g/mol. The largest absolute Gasteiger partial charge is 0.207 e. The molecule has 0 spiro atoms. The molecular weight excluding hydrogens is 258 g/mol. The predicted octanol–water partition coefficient (Wildman–Crippen LogP) is 5.00. The maximum atomic E-state index is 13.0. The summed E-state index contributed by atoms with van der Waals surface area (Å²) in [5, 5.41) is 0.470. The van der Waals surface area contributed by atoms with Gasteiger partial charge in [-0.3, -0.25) is 0 Å². The van der Waals surface area contributed by atoms with E-state index in [-0.39, 0.29) is 11.2 Å². The van der Waals surface area contributed by atoms with Crippen LogP contribution in [-0.4, -0.2) is 0 Å². The standard InChI is InChI=1S/C14H11Cl2F/c15-12-6-4-10(5-7-12)8-14(16)11-2-1-3-13(17)9-11/h1-7,9,14H,8H2. The maximum Gasteiger partial charge on any atom is 0.123 e. The molecule has 0 saturated carbocycles. The van der Waals surface area contributed by atoms with Gasteiger partial charge >= 0.3 is 0 Å². The summed E-state index contributed by atoms with van der Waals surface area (Å²) in [7, 11) is 0. The van der Waals surface area contributed by atoms with Gasteiger partial charge in [0.1, 0.15) is 5.82 Å². The second kappa shape index (κ2) is 5.52. The van der Waals surface area contributed by atoms with Crippen molar-refractivity contribution in [2.75, 3.05) is 0 Å². The van der Waals surface area contributed by atoms with Crippen LogP contribution in [0.15, 0.2) is 48.5 Å². The Kier molecular flexibility index (Phi) is 4.03. The first kappa shape index (κ1) is 12.4. The molecule has 2 aromatic rings. The molecule has 0 aliphatic carbocycles. The van der Waals surface area contributed by atoms with Crippen LogP contribution in [0, 0.1) is 5.82 Å². The van der Waals surface area contributed by atoms with Crippen LogP contribution in [0.5, 0.6) is 0 Å². The Morgan fingerprint density at radius 3 is 2.41 bits per heavy atom. The lowest BCUT2D eigenvalue weighted by Crippen LogP contribution is -1.96. The average molecular weight is 269 g/mol. The Morgan fingerprint density at radius 1 is 1.06 bits per heavy atom. The van der Waals surface area contributed by atoms with E-state index in [9.17, 15) is 4.39 Å². The lowest BCUT2D eigenvalue weighted by molar-refractivity contribution is 0.624. The lowest BCUT2D eigenvalue weighted by atomic mass is 10.0. The molecule has 17 heavy (non-hydrogen) atoms. The second-order valence-electron chi connectivity index (χ2n) is 3.85. The molecule has 1 unspecified atom stereocenters. The van der Waals surface area contributed by atoms with Crippen LogP contribution < -0.4 is 0 Å². The van der Waals surface area contributed by atoms with Crippen LogP contribution in [0.25, 0.3) is 0 Å². The van der Waals surface area contributed by atoms with Gasteiger partial charge in [-0.25, -0.2) is 4.39 Å². The smallest absolute Gasteiger partial charge is 0.123 e. The first-order chi connectivity index (χ1) is 8.15. The third-order valence-electron chi connectivity index (χ3n) is 2.54. The Morgan fingerprint density at radius 2 is 1.76 bits per heavy atom. The molecule has 0 bridgehead atoms. The van der Waals surface area contributed by atoms with E-state index in [0.29, 0.717) is 11.4 Å². The van der Waals surface area contributed by atoms with Gasteiger partial charge in [-0.1, -0.05) is 35.9 Å². The van der Waals surface area contributed by atoms with Crippen LogP contribution in [0.2, 0.25) is 5.02 Å². The van der Waals surface area contributed by atoms with Crippen LogP contribution >= 0.6 is 23.2 Å². The highest BCUT2D eigenvalue weighted by Gasteiger charge is 2.09. The van der Waals surface area contributed by atoms with Crippen LogP contribution in [0.3, 0.4) is 0 Å². The van der Waals surface area contributed by atoms with Gasteiger partial charge in [0.15, 0.2) is 0 Å².